The Morgan fingerprint density at radius 3 is 2.45 bits per heavy atom. The molecule has 0 saturated heterocycles. The lowest BCUT2D eigenvalue weighted by Gasteiger charge is -2.30. The predicted molar refractivity (Wildman–Crippen MR) is 114 cm³/mol. The van der Waals surface area contributed by atoms with E-state index < -0.39 is 6.17 Å². The molecule has 2 aromatic carbocycles. The number of halogens is 1. The van der Waals surface area contributed by atoms with Gasteiger partial charge in [-0.2, -0.15) is 0 Å². The van der Waals surface area contributed by atoms with Gasteiger partial charge in [0.2, 0.25) is 6.41 Å². The van der Waals surface area contributed by atoms with Crippen LogP contribution in [0, 0.1) is 5.82 Å². The van der Waals surface area contributed by atoms with E-state index in [0.717, 1.165) is 11.1 Å². The monoisotopic (exact) mass is 426 g/mol. The van der Waals surface area contributed by atoms with Crippen molar-refractivity contribution in [1.29, 1.82) is 0 Å². The Bertz CT molecular complexity index is 934. The average molecular weight is 426 g/mol. The Hall–Kier alpha value is -3.39. The number of benzene rings is 2. The molecule has 2 amide bonds. The topological polar surface area (TPSA) is 76.1 Å². The van der Waals surface area contributed by atoms with E-state index in [-0.39, 0.29) is 18.3 Å². The molecule has 3 rings (SSSR count). The first-order valence-corrected chi connectivity index (χ1v) is 10.1. The Balaban J connectivity index is 2.05. The number of carbonyl (C=O) groups excluding carboxylic acids is 2. The average Bonchev–Trinajstić information content (AvgIpc) is 3.16. The van der Waals surface area contributed by atoms with E-state index >= 15 is 0 Å². The van der Waals surface area contributed by atoms with Gasteiger partial charge in [0.25, 0.3) is 5.91 Å². The van der Waals surface area contributed by atoms with Gasteiger partial charge in [-0.05, 0) is 29.7 Å². The third-order valence-electron chi connectivity index (χ3n) is 5.19. The molecule has 0 aliphatic carbocycles. The van der Waals surface area contributed by atoms with Gasteiger partial charge < -0.3 is 25.1 Å². The van der Waals surface area contributed by atoms with E-state index in [1.54, 1.807) is 26.2 Å². The van der Waals surface area contributed by atoms with Crippen LogP contribution in [0.25, 0.3) is 0 Å². The summed E-state index contributed by atoms with van der Waals surface area (Å²) >= 11 is 0. The van der Waals surface area contributed by atoms with Crippen LogP contribution in [0.15, 0.2) is 66.1 Å². The summed E-state index contributed by atoms with van der Waals surface area (Å²) in [6, 6.07) is 15.7. The van der Waals surface area contributed by atoms with E-state index in [1.807, 2.05) is 35.2 Å². The summed E-state index contributed by atoms with van der Waals surface area (Å²) in [6.45, 7) is 0.750. The molecule has 0 aromatic heterocycles. The maximum atomic E-state index is 13.5. The van der Waals surface area contributed by atoms with Crippen LogP contribution in [0.3, 0.4) is 0 Å². The fraction of sp³-hybridized carbons (Fsp3) is 0.304. The molecule has 8 heteroatoms. The molecule has 0 radical (unpaired) electrons. The lowest BCUT2D eigenvalue weighted by molar-refractivity contribution is -0.128. The number of aliphatic hydroxyl groups is 1. The normalized spacial score (nSPS) is 15.6. The quantitative estimate of drug-likeness (QED) is 0.600. The number of carbonyl (C=O) groups is 2. The zero-order valence-corrected chi connectivity index (χ0v) is 17.7. The smallest absolute Gasteiger partial charge is 0.273 e. The highest BCUT2D eigenvalue weighted by molar-refractivity contribution is 5.94. The van der Waals surface area contributed by atoms with Gasteiger partial charge in [-0.25, -0.2) is 4.39 Å². The lowest BCUT2D eigenvalue weighted by atomic mass is 10.1. The van der Waals surface area contributed by atoms with Crippen LogP contribution in [-0.2, 0) is 16.1 Å². The number of nitrogens with one attached hydrogen (secondary N) is 1. The van der Waals surface area contributed by atoms with Crippen molar-refractivity contribution in [1.82, 2.24) is 20.0 Å². The van der Waals surface area contributed by atoms with Gasteiger partial charge in [-0.15, -0.1) is 0 Å². The molecular weight excluding hydrogens is 399 g/mol. The molecule has 0 bridgehead atoms. The number of aliphatic hydroxyl groups excluding tert-OH is 1. The van der Waals surface area contributed by atoms with Gasteiger partial charge >= 0.3 is 0 Å². The number of hydrogen-bond acceptors (Lipinski definition) is 5. The van der Waals surface area contributed by atoms with Gasteiger partial charge in [0.1, 0.15) is 23.5 Å². The van der Waals surface area contributed by atoms with Crippen molar-refractivity contribution in [3.63, 3.8) is 0 Å². The second-order valence-electron chi connectivity index (χ2n) is 7.43. The Morgan fingerprint density at radius 1 is 1.16 bits per heavy atom. The van der Waals surface area contributed by atoms with Crippen LogP contribution < -0.4 is 5.32 Å². The molecule has 2 N–H and O–H groups in total. The molecule has 2 aromatic rings. The van der Waals surface area contributed by atoms with Crippen molar-refractivity contribution < 1.29 is 19.1 Å². The number of likely N-dealkylation sites (N-methyl/N-ethyl adjacent to an activating group) is 1. The molecule has 7 nitrogen and oxygen atoms in total. The molecule has 0 fully saturated rings. The van der Waals surface area contributed by atoms with Crippen molar-refractivity contribution >= 4 is 12.3 Å². The molecule has 0 spiro atoms. The minimum atomic E-state index is -0.469. The van der Waals surface area contributed by atoms with Gasteiger partial charge in [-0.3, -0.25) is 9.59 Å². The molecule has 1 atom stereocenters. The SMILES string of the molecule is CN(C=O)C1=C(C(=O)N(C)CCCO)N(Cc2ccccc2)C(c2ccc(F)cc2)N1. The maximum Gasteiger partial charge on any atom is 0.273 e. The van der Waals surface area contributed by atoms with Crippen LogP contribution in [0.4, 0.5) is 4.39 Å². The summed E-state index contributed by atoms with van der Waals surface area (Å²) in [5, 5.41) is 12.4. The molecular formula is C23H27FN4O3. The first-order valence-electron chi connectivity index (χ1n) is 10.1. The fourth-order valence-electron chi connectivity index (χ4n) is 3.54. The molecule has 1 heterocycles. The lowest BCUT2D eigenvalue weighted by Crippen LogP contribution is -2.37. The molecule has 0 saturated carbocycles. The van der Waals surface area contributed by atoms with E-state index in [2.05, 4.69) is 5.32 Å². The van der Waals surface area contributed by atoms with Crippen molar-refractivity contribution in [2.75, 3.05) is 27.2 Å². The first-order chi connectivity index (χ1) is 15.0. The maximum absolute atomic E-state index is 13.5. The first kappa shape index (κ1) is 22.3. The van der Waals surface area contributed by atoms with Crippen LogP contribution in [0.2, 0.25) is 0 Å². The summed E-state index contributed by atoms with van der Waals surface area (Å²) in [7, 11) is 3.24. The van der Waals surface area contributed by atoms with Crippen LogP contribution >= 0.6 is 0 Å². The fourth-order valence-corrected chi connectivity index (χ4v) is 3.54. The molecule has 1 unspecified atom stereocenters. The van der Waals surface area contributed by atoms with Gasteiger partial charge in [0.05, 0.1) is 0 Å². The Morgan fingerprint density at radius 2 is 1.84 bits per heavy atom. The summed E-state index contributed by atoms with van der Waals surface area (Å²) < 4.78 is 13.5. The van der Waals surface area contributed by atoms with Crippen molar-refractivity contribution in [3.8, 4) is 0 Å². The highest BCUT2D eigenvalue weighted by atomic mass is 19.1. The molecule has 1 aliphatic heterocycles. The second kappa shape index (κ2) is 10.1. The van der Waals surface area contributed by atoms with E-state index in [9.17, 15) is 14.0 Å². The number of nitrogens with zero attached hydrogens (tertiary/aromatic N) is 3. The Labute approximate surface area is 181 Å². The predicted octanol–water partition coefficient (Wildman–Crippen LogP) is 2.03. The van der Waals surface area contributed by atoms with Crippen LogP contribution in [0.5, 0.6) is 0 Å². The van der Waals surface area contributed by atoms with Crippen molar-refractivity contribution in [2.45, 2.75) is 19.1 Å². The molecule has 1 aliphatic rings. The van der Waals surface area contributed by atoms with Crippen molar-refractivity contribution in [3.05, 3.63) is 83.1 Å². The largest absolute Gasteiger partial charge is 0.396 e. The van der Waals surface area contributed by atoms with Gasteiger partial charge in [0.15, 0.2) is 0 Å². The number of hydrogen-bond donors (Lipinski definition) is 2. The second-order valence-corrected chi connectivity index (χ2v) is 7.43. The van der Waals surface area contributed by atoms with E-state index in [0.29, 0.717) is 37.4 Å². The van der Waals surface area contributed by atoms with Crippen molar-refractivity contribution in [2.24, 2.45) is 0 Å². The van der Waals surface area contributed by atoms with E-state index in [4.69, 9.17) is 5.11 Å². The standard InChI is InChI=1S/C23H27FN4O3/c1-26(13-6-14-29)23(31)20-22(27(2)16-30)25-21(18-9-11-19(24)12-10-18)28(20)15-17-7-4-3-5-8-17/h3-5,7-12,16,21,25,29H,6,13-15H2,1-2H3. The summed E-state index contributed by atoms with van der Waals surface area (Å²) in [5.41, 5.74) is 2.08. The minimum absolute atomic E-state index is 0.0258. The zero-order chi connectivity index (χ0) is 22.4. The summed E-state index contributed by atoms with van der Waals surface area (Å²) in [4.78, 5) is 29.7. The van der Waals surface area contributed by atoms with Crippen LogP contribution in [0.1, 0.15) is 23.7 Å². The van der Waals surface area contributed by atoms with E-state index in [1.165, 1.54) is 21.9 Å². The molecule has 31 heavy (non-hydrogen) atoms. The number of amides is 2. The highest BCUT2D eigenvalue weighted by Gasteiger charge is 2.38. The number of rotatable bonds is 9. The summed E-state index contributed by atoms with van der Waals surface area (Å²) in [5.74, 6) is -0.249. The third-order valence-corrected chi connectivity index (χ3v) is 5.19. The molecule has 164 valence electrons. The third kappa shape index (κ3) is 5.03. The van der Waals surface area contributed by atoms with Gasteiger partial charge in [0, 0.05) is 33.8 Å². The van der Waals surface area contributed by atoms with Crippen LogP contribution in [-0.4, -0.2) is 59.4 Å². The summed E-state index contributed by atoms with van der Waals surface area (Å²) in [6.07, 6.45) is 0.613. The highest BCUT2D eigenvalue weighted by Crippen LogP contribution is 2.34. The minimum Gasteiger partial charge on any atom is -0.396 e. The Kier molecular flexibility index (Phi) is 7.25. The zero-order valence-electron chi connectivity index (χ0n) is 17.7. The van der Waals surface area contributed by atoms with Gasteiger partial charge in [-0.1, -0.05) is 42.5 Å².